The molecule has 1 aromatic carbocycles. The highest BCUT2D eigenvalue weighted by molar-refractivity contribution is 5.78. The van der Waals surface area contributed by atoms with E-state index in [1.54, 1.807) is 0 Å². The van der Waals surface area contributed by atoms with E-state index in [0.717, 1.165) is 57.2 Å². The molecule has 1 saturated heterocycles. The fourth-order valence-corrected chi connectivity index (χ4v) is 3.03. The number of amides is 1. The quantitative estimate of drug-likeness (QED) is 0.869. The van der Waals surface area contributed by atoms with E-state index < -0.39 is 0 Å². The molecule has 126 valence electrons. The number of hydrogen-bond acceptors (Lipinski definition) is 3. The number of halogens is 1. The van der Waals surface area contributed by atoms with Gasteiger partial charge in [-0.05, 0) is 56.0 Å². The van der Waals surface area contributed by atoms with E-state index in [1.165, 1.54) is 25.0 Å². The molecule has 1 aliphatic carbocycles. The van der Waals surface area contributed by atoms with Crippen LogP contribution in [0.15, 0.2) is 24.3 Å². The van der Waals surface area contributed by atoms with Gasteiger partial charge in [-0.3, -0.25) is 14.6 Å². The molecule has 0 aromatic heterocycles. The molecule has 1 amide bonds. The minimum absolute atomic E-state index is 0.156. The van der Waals surface area contributed by atoms with E-state index in [2.05, 4.69) is 15.1 Å². The molecule has 1 heterocycles. The second-order valence-electron chi connectivity index (χ2n) is 6.78. The molecule has 23 heavy (non-hydrogen) atoms. The Bertz CT molecular complexity index is 516. The summed E-state index contributed by atoms with van der Waals surface area (Å²) in [6.07, 6.45) is 3.60. The first-order chi connectivity index (χ1) is 11.2. The van der Waals surface area contributed by atoms with Crippen molar-refractivity contribution in [3.05, 3.63) is 35.6 Å². The summed E-state index contributed by atoms with van der Waals surface area (Å²) < 4.78 is 13.0. The average molecular weight is 319 g/mol. The molecule has 1 aromatic rings. The van der Waals surface area contributed by atoms with E-state index in [0.29, 0.717) is 6.54 Å². The standard InChI is InChI=1S/C18H26FN3O/c19-17-6-4-16(5-7-17)13-21-8-1-9-22(11-10-21)14-18(23)20-12-15-2-3-15/h4-7,15H,1-3,8-14H2,(H,20,23). The lowest BCUT2D eigenvalue weighted by Gasteiger charge is -2.21. The first-order valence-corrected chi connectivity index (χ1v) is 8.65. The molecule has 0 unspecified atom stereocenters. The third-order valence-corrected chi connectivity index (χ3v) is 4.65. The summed E-state index contributed by atoms with van der Waals surface area (Å²) in [5.74, 6) is 0.700. The first kappa shape index (κ1) is 16.4. The zero-order valence-electron chi connectivity index (χ0n) is 13.6. The molecule has 4 nitrogen and oxygen atoms in total. The molecule has 2 fully saturated rings. The van der Waals surface area contributed by atoms with Gasteiger partial charge in [0.2, 0.25) is 5.91 Å². The van der Waals surface area contributed by atoms with Gasteiger partial charge in [-0.2, -0.15) is 0 Å². The molecule has 0 atom stereocenters. The van der Waals surface area contributed by atoms with E-state index in [-0.39, 0.29) is 11.7 Å². The minimum atomic E-state index is -0.187. The van der Waals surface area contributed by atoms with E-state index in [1.807, 2.05) is 12.1 Å². The summed E-state index contributed by atoms with van der Waals surface area (Å²) >= 11 is 0. The number of nitrogens with one attached hydrogen (secondary N) is 1. The summed E-state index contributed by atoms with van der Waals surface area (Å²) in [6, 6.07) is 6.74. The van der Waals surface area contributed by atoms with Crippen molar-refractivity contribution in [3.8, 4) is 0 Å². The van der Waals surface area contributed by atoms with Crippen LogP contribution in [0.5, 0.6) is 0 Å². The molecule has 2 aliphatic rings. The number of hydrogen-bond donors (Lipinski definition) is 1. The average Bonchev–Trinajstić information content (AvgIpc) is 3.37. The van der Waals surface area contributed by atoms with Crippen LogP contribution in [0.25, 0.3) is 0 Å². The van der Waals surface area contributed by atoms with Crippen LogP contribution in [0.4, 0.5) is 4.39 Å². The lowest BCUT2D eigenvalue weighted by molar-refractivity contribution is -0.122. The second-order valence-corrected chi connectivity index (χ2v) is 6.78. The molecule has 0 radical (unpaired) electrons. The second kappa shape index (κ2) is 7.88. The predicted octanol–water partition coefficient (Wildman–Crippen LogP) is 1.86. The van der Waals surface area contributed by atoms with Crippen LogP contribution in [0.2, 0.25) is 0 Å². The zero-order chi connectivity index (χ0) is 16.1. The Morgan fingerprint density at radius 3 is 2.52 bits per heavy atom. The van der Waals surface area contributed by atoms with Crippen LogP contribution >= 0.6 is 0 Å². The minimum Gasteiger partial charge on any atom is -0.355 e. The monoisotopic (exact) mass is 319 g/mol. The van der Waals surface area contributed by atoms with Crippen LogP contribution in [0.3, 0.4) is 0 Å². The van der Waals surface area contributed by atoms with Gasteiger partial charge in [0, 0.05) is 26.2 Å². The number of rotatable bonds is 6. The summed E-state index contributed by atoms with van der Waals surface area (Å²) in [6.45, 7) is 6.07. The third kappa shape index (κ3) is 5.59. The highest BCUT2D eigenvalue weighted by Crippen LogP contribution is 2.27. The molecule has 0 spiro atoms. The van der Waals surface area contributed by atoms with Crippen LogP contribution < -0.4 is 5.32 Å². The normalized spacial score (nSPS) is 20.2. The molecular weight excluding hydrogens is 293 g/mol. The highest BCUT2D eigenvalue weighted by Gasteiger charge is 2.22. The van der Waals surface area contributed by atoms with Crippen LogP contribution in [0.1, 0.15) is 24.8 Å². The van der Waals surface area contributed by atoms with Crippen LogP contribution in [0, 0.1) is 11.7 Å². The molecule has 5 heteroatoms. The lowest BCUT2D eigenvalue weighted by Crippen LogP contribution is -2.39. The largest absolute Gasteiger partial charge is 0.355 e. The van der Waals surface area contributed by atoms with Gasteiger partial charge in [-0.25, -0.2) is 4.39 Å². The van der Waals surface area contributed by atoms with E-state index in [9.17, 15) is 9.18 Å². The maximum atomic E-state index is 13.0. The van der Waals surface area contributed by atoms with Crippen molar-refractivity contribution in [1.82, 2.24) is 15.1 Å². The Labute approximate surface area is 137 Å². The summed E-state index contributed by atoms with van der Waals surface area (Å²) in [5.41, 5.74) is 1.14. The molecule has 1 aliphatic heterocycles. The van der Waals surface area contributed by atoms with Crippen LogP contribution in [-0.4, -0.2) is 55.0 Å². The maximum absolute atomic E-state index is 13.0. The molecule has 3 rings (SSSR count). The van der Waals surface area contributed by atoms with Gasteiger partial charge in [0.15, 0.2) is 0 Å². The predicted molar refractivity (Wildman–Crippen MR) is 88.5 cm³/mol. The molecule has 1 N–H and O–H groups in total. The zero-order valence-corrected chi connectivity index (χ0v) is 13.6. The number of nitrogens with zero attached hydrogens (tertiary/aromatic N) is 2. The Morgan fingerprint density at radius 1 is 1.09 bits per heavy atom. The fourth-order valence-electron chi connectivity index (χ4n) is 3.03. The highest BCUT2D eigenvalue weighted by atomic mass is 19.1. The van der Waals surface area contributed by atoms with Gasteiger partial charge in [0.1, 0.15) is 5.82 Å². The van der Waals surface area contributed by atoms with Gasteiger partial charge < -0.3 is 5.32 Å². The number of benzene rings is 1. The van der Waals surface area contributed by atoms with Crippen molar-refractivity contribution >= 4 is 5.91 Å². The summed E-state index contributed by atoms with van der Waals surface area (Å²) in [7, 11) is 0. The van der Waals surface area contributed by atoms with Gasteiger partial charge in [-0.1, -0.05) is 12.1 Å². The number of carbonyl (C=O) groups excluding carboxylic acids is 1. The molecule has 0 bridgehead atoms. The van der Waals surface area contributed by atoms with Crippen molar-refractivity contribution in [2.75, 3.05) is 39.3 Å². The fraction of sp³-hybridized carbons (Fsp3) is 0.611. The SMILES string of the molecule is O=C(CN1CCCN(Cc2ccc(F)cc2)CC1)NCC1CC1. The Kier molecular flexibility index (Phi) is 5.62. The van der Waals surface area contributed by atoms with Gasteiger partial charge in [0.25, 0.3) is 0 Å². The van der Waals surface area contributed by atoms with Crippen molar-refractivity contribution in [2.24, 2.45) is 5.92 Å². The van der Waals surface area contributed by atoms with Gasteiger partial charge >= 0.3 is 0 Å². The van der Waals surface area contributed by atoms with Crippen molar-refractivity contribution < 1.29 is 9.18 Å². The maximum Gasteiger partial charge on any atom is 0.234 e. The van der Waals surface area contributed by atoms with Crippen molar-refractivity contribution in [3.63, 3.8) is 0 Å². The molecular formula is C18H26FN3O. The van der Waals surface area contributed by atoms with Gasteiger partial charge in [-0.15, -0.1) is 0 Å². The first-order valence-electron chi connectivity index (χ1n) is 8.65. The smallest absolute Gasteiger partial charge is 0.234 e. The summed E-state index contributed by atoms with van der Waals surface area (Å²) in [5, 5.41) is 3.04. The third-order valence-electron chi connectivity index (χ3n) is 4.65. The summed E-state index contributed by atoms with van der Waals surface area (Å²) in [4.78, 5) is 16.6. The Balaban J connectivity index is 1.41. The van der Waals surface area contributed by atoms with Crippen molar-refractivity contribution in [2.45, 2.75) is 25.8 Å². The van der Waals surface area contributed by atoms with Crippen molar-refractivity contribution in [1.29, 1.82) is 0 Å². The number of carbonyl (C=O) groups is 1. The topological polar surface area (TPSA) is 35.6 Å². The molecule has 1 saturated carbocycles. The van der Waals surface area contributed by atoms with E-state index in [4.69, 9.17) is 0 Å². The Morgan fingerprint density at radius 2 is 1.78 bits per heavy atom. The van der Waals surface area contributed by atoms with E-state index >= 15 is 0 Å². The van der Waals surface area contributed by atoms with Gasteiger partial charge in [0.05, 0.1) is 6.54 Å². The lowest BCUT2D eigenvalue weighted by atomic mass is 10.2. The van der Waals surface area contributed by atoms with Crippen LogP contribution in [-0.2, 0) is 11.3 Å². The Hall–Kier alpha value is -1.46.